The Balaban J connectivity index is 1.31. The minimum atomic E-state index is 0.0602. The number of likely N-dealkylation sites (N-methyl/N-ethyl adjacent to an activating group) is 1. The molecule has 1 saturated heterocycles. The van der Waals surface area contributed by atoms with Gasteiger partial charge in [-0.15, -0.1) is 5.10 Å². The molecular weight excluding hydrogens is 446 g/mol. The molecule has 35 heavy (non-hydrogen) atoms. The fourth-order valence-electron chi connectivity index (χ4n) is 4.39. The Morgan fingerprint density at radius 1 is 1.14 bits per heavy atom. The highest BCUT2D eigenvalue weighted by atomic mass is 16.5. The lowest BCUT2D eigenvalue weighted by Crippen LogP contribution is -2.52. The summed E-state index contributed by atoms with van der Waals surface area (Å²) in [6.45, 7) is 5.61. The number of hydrogen-bond acceptors (Lipinski definition) is 7. The van der Waals surface area contributed by atoms with E-state index in [9.17, 15) is 4.79 Å². The molecule has 1 fully saturated rings. The number of hydrogen-bond donors (Lipinski definition) is 1. The summed E-state index contributed by atoms with van der Waals surface area (Å²) in [7, 11) is 3.73. The number of nitrogens with one attached hydrogen (secondary N) is 1. The van der Waals surface area contributed by atoms with Crippen LogP contribution in [0.1, 0.15) is 17.3 Å². The van der Waals surface area contributed by atoms with Gasteiger partial charge in [0.1, 0.15) is 23.7 Å². The van der Waals surface area contributed by atoms with Crippen molar-refractivity contribution in [2.24, 2.45) is 0 Å². The van der Waals surface area contributed by atoms with Gasteiger partial charge in [0.05, 0.1) is 24.0 Å². The Kier molecular flexibility index (Phi) is 6.47. The molecule has 0 saturated carbocycles. The molecule has 2 aromatic heterocycles. The van der Waals surface area contributed by atoms with E-state index >= 15 is 0 Å². The van der Waals surface area contributed by atoms with E-state index in [0.29, 0.717) is 30.2 Å². The highest BCUT2D eigenvalue weighted by Gasteiger charge is 2.26. The maximum Gasteiger partial charge on any atom is 0.254 e. The maximum absolute atomic E-state index is 13.0. The van der Waals surface area contributed by atoms with Crippen LogP contribution in [-0.2, 0) is 4.74 Å². The number of H-pyrrole nitrogens is 1. The summed E-state index contributed by atoms with van der Waals surface area (Å²) >= 11 is 0. The van der Waals surface area contributed by atoms with Crippen molar-refractivity contribution in [3.63, 3.8) is 0 Å². The van der Waals surface area contributed by atoms with Crippen LogP contribution in [-0.4, -0.2) is 93.9 Å². The van der Waals surface area contributed by atoms with E-state index < -0.39 is 0 Å². The Morgan fingerprint density at radius 2 is 1.97 bits per heavy atom. The molecule has 0 unspecified atom stereocenters. The summed E-state index contributed by atoms with van der Waals surface area (Å²) in [5.41, 5.74) is 3.71. The number of benzene rings is 2. The molecule has 0 bridgehead atoms. The number of piperazine rings is 1. The lowest BCUT2D eigenvalue weighted by atomic mass is 10.1. The topological polar surface area (TPSA) is 101 Å². The van der Waals surface area contributed by atoms with E-state index in [-0.39, 0.29) is 11.9 Å². The zero-order chi connectivity index (χ0) is 24.4. The Morgan fingerprint density at radius 3 is 2.74 bits per heavy atom. The van der Waals surface area contributed by atoms with Crippen LogP contribution in [0.15, 0.2) is 48.7 Å². The molecule has 1 aliphatic heterocycles. The minimum Gasteiger partial charge on any atom is -0.491 e. The number of amides is 1. The number of carbonyl (C=O) groups excluding carboxylic acids is 1. The minimum absolute atomic E-state index is 0.0602. The molecule has 1 aliphatic rings. The number of aromatic amines is 1. The van der Waals surface area contributed by atoms with Crippen molar-refractivity contribution in [2.75, 3.05) is 47.0 Å². The number of methoxy groups -OCH3 is 1. The van der Waals surface area contributed by atoms with Gasteiger partial charge in [0.2, 0.25) is 0 Å². The molecular formula is C25H29N7O3. The van der Waals surface area contributed by atoms with Gasteiger partial charge < -0.3 is 19.3 Å². The molecule has 4 aromatic rings. The first-order valence-electron chi connectivity index (χ1n) is 11.7. The summed E-state index contributed by atoms with van der Waals surface area (Å²) in [5, 5.41) is 17.0. The second kappa shape index (κ2) is 9.85. The fraction of sp³-hybridized carbons (Fsp3) is 0.360. The molecule has 1 N–H and O–H groups in total. The zero-order valence-electron chi connectivity index (χ0n) is 20.1. The van der Waals surface area contributed by atoms with Crippen LogP contribution in [0.4, 0.5) is 0 Å². The van der Waals surface area contributed by atoms with Gasteiger partial charge in [-0.25, -0.2) is 4.68 Å². The van der Waals surface area contributed by atoms with Crippen molar-refractivity contribution in [2.45, 2.75) is 13.0 Å². The van der Waals surface area contributed by atoms with E-state index in [4.69, 9.17) is 9.47 Å². The summed E-state index contributed by atoms with van der Waals surface area (Å²) in [4.78, 5) is 17.2. The predicted molar refractivity (Wildman–Crippen MR) is 132 cm³/mol. The van der Waals surface area contributed by atoms with Crippen molar-refractivity contribution in [3.05, 3.63) is 54.2 Å². The fourth-order valence-corrected chi connectivity index (χ4v) is 4.39. The number of ether oxygens (including phenoxy) is 2. The largest absolute Gasteiger partial charge is 0.491 e. The Hall–Kier alpha value is -3.76. The van der Waals surface area contributed by atoms with Gasteiger partial charge >= 0.3 is 0 Å². The zero-order valence-corrected chi connectivity index (χ0v) is 20.1. The number of nitrogens with zero attached hydrogens (tertiary/aromatic N) is 6. The third-order valence-corrected chi connectivity index (χ3v) is 6.30. The summed E-state index contributed by atoms with van der Waals surface area (Å²) in [6.07, 6.45) is 1.83. The number of fused-ring (bicyclic) bond motifs is 1. The first kappa shape index (κ1) is 23.0. The van der Waals surface area contributed by atoms with Gasteiger partial charge in [0.15, 0.2) is 0 Å². The predicted octanol–water partition coefficient (Wildman–Crippen LogP) is 2.61. The van der Waals surface area contributed by atoms with Crippen LogP contribution in [0.3, 0.4) is 0 Å². The average molecular weight is 476 g/mol. The number of aromatic nitrogens is 5. The SMILES string of the molecule is COCCOc1ccc2c(-c3cn(-c4ccc(C(=O)N5CCN(C)C[C@@H]5C)cc4)nn3)n[nH]c2c1. The monoisotopic (exact) mass is 475 g/mol. The molecule has 1 atom stereocenters. The van der Waals surface area contributed by atoms with E-state index in [1.54, 1.807) is 11.8 Å². The van der Waals surface area contributed by atoms with Crippen molar-refractivity contribution < 1.29 is 14.3 Å². The van der Waals surface area contributed by atoms with E-state index in [1.807, 2.05) is 53.6 Å². The van der Waals surface area contributed by atoms with E-state index in [0.717, 1.165) is 42.0 Å². The molecule has 3 heterocycles. The van der Waals surface area contributed by atoms with Crippen molar-refractivity contribution in [1.82, 2.24) is 35.0 Å². The highest BCUT2D eigenvalue weighted by molar-refractivity contribution is 5.95. The van der Waals surface area contributed by atoms with Crippen molar-refractivity contribution in [3.8, 4) is 22.8 Å². The second-order valence-corrected chi connectivity index (χ2v) is 8.83. The highest BCUT2D eigenvalue weighted by Crippen LogP contribution is 2.28. The van der Waals surface area contributed by atoms with E-state index in [1.165, 1.54) is 0 Å². The van der Waals surface area contributed by atoms with Crippen molar-refractivity contribution >= 4 is 16.8 Å². The lowest BCUT2D eigenvalue weighted by molar-refractivity contribution is 0.0533. The molecule has 1 amide bonds. The number of carbonyl (C=O) groups is 1. The quantitative estimate of drug-likeness (QED) is 0.410. The van der Waals surface area contributed by atoms with Crippen LogP contribution in [0.25, 0.3) is 28.0 Å². The second-order valence-electron chi connectivity index (χ2n) is 8.83. The Labute approximate surface area is 203 Å². The summed E-state index contributed by atoms with van der Waals surface area (Å²) < 4.78 is 12.4. The lowest BCUT2D eigenvalue weighted by Gasteiger charge is -2.38. The van der Waals surface area contributed by atoms with Crippen LogP contribution in [0.2, 0.25) is 0 Å². The molecule has 182 valence electrons. The summed E-state index contributed by atoms with van der Waals surface area (Å²) in [5.74, 6) is 0.805. The normalized spacial score (nSPS) is 16.7. The summed E-state index contributed by atoms with van der Waals surface area (Å²) in [6, 6.07) is 13.4. The Bertz CT molecular complexity index is 1310. The van der Waals surface area contributed by atoms with Crippen LogP contribution in [0, 0.1) is 0 Å². The molecule has 0 aliphatic carbocycles. The van der Waals surface area contributed by atoms with E-state index in [2.05, 4.69) is 39.4 Å². The van der Waals surface area contributed by atoms with Gasteiger partial charge in [-0.05, 0) is 50.4 Å². The first-order chi connectivity index (χ1) is 17.0. The van der Waals surface area contributed by atoms with Crippen LogP contribution in [0.5, 0.6) is 5.75 Å². The third-order valence-electron chi connectivity index (χ3n) is 6.30. The van der Waals surface area contributed by atoms with Gasteiger partial charge in [-0.2, -0.15) is 5.10 Å². The van der Waals surface area contributed by atoms with Crippen LogP contribution < -0.4 is 4.74 Å². The standard InChI is InChI=1S/C25H29N7O3/c1-17-15-30(2)10-11-31(17)25(33)18-4-6-19(7-5-18)32-16-23(27-29-32)24-21-9-8-20(35-13-12-34-3)14-22(21)26-28-24/h4-9,14,16-17H,10-13,15H2,1-3H3,(H,26,28)/t17-/m0/s1. The van der Waals surface area contributed by atoms with Crippen molar-refractivity contribution in [1.29, 1.82) is 0 Å². The molecule has 10 nitrogen and oxygen atoms in total. The first-order valence-corrected chi connectivity index (χ1v) is 11.7. The number of rotatable bonds is 7. The van der Waals surface area contributed by atoms with Crippen LogP contribution >= 0.6 is 0 Å². The molecule has 0 spiro atoms. The maximum atomic E-state index is 13.0. The van der Waals surface area contributed by atoms with Gasteiger partial charge in [-0.3, -0.25) is 9.89 Å². The molecule has 2 aromatic carbocycles. The molecule has 5 rings (SSSR count). The molecule has 10 heteroatoms. The molecule has 0 radical (unpaired) electrons. The van der Waals surface area contributed by atoms with Gasteiger partial charge in [-0.1, -0.05) is 5.21 Å². The average Bonchev–Trinajstić information content (AvgIpc) is 3.51. The van der Waals surface area contributed by atoms with Gasteiger partial charge in [0.25, 0.3) is 5.91 Å². The van der Waals surface area contributed by atoms with Gasteiger partial charge in [0, 0.05) is 49.8 Å². The smallest absolute Gasteiger partial charge is 0.254 e. The third kappa shape index (κ3) is 4.75.